The molecule has 0 spiro atoms. The van der Waals surface area contributed by atoms with Crippen molar-refractivity contribution in [3.05, 3.63) is 56.9 Å². The maximum atomic E-state index is 12.6. The third-order valence-electron chi connectivity index (χ3n) is 4.09. The number of aromatic nitrogens is 2. The van der Waals surface area contributed by atoms with Crippen LogP contribution in [0.4, 0.5) is 5.69 Å². The van der Waals surface area contributed by atoms with Crippen LogP contribution in [0.3, 0.4) is 0 Å². The van der Waals surface area contributed by atoms with Crippen LogP contribution in [0.15, 0.2) is 50.6 Å². The summed E-state index contributed by atoms with van der Waals surface area (Å²) in [6.07, 6.45) is 0. The van der Waals surface area contributed by atoms with Gasteiger partial charge in [-0.25, -0.2) is 4.79 Å². The molecular weight excluding hydrogens is 414 g/mol. The van der Waals surface area contributed by atoms with Gasteiger partial charge in [-0.1, -0.05) is 29.8 Å². The fraction of sp³-hybridized carbons (Fsp3) is 0.263. The molecule has 0 unspecified atom stereocenters. The van der Waals surface area contributed by atoms with Crippen LogP contribution in [0.25, 0.3) is 11.0 Å². The number of nitrogens with one attached hydrogen (secondary N) is 1. The number of rotatable bonds is 4. The zero-order valence-corrected chi connectivity index (χ0v) is 17.4. The summed E-state index contributed by atoms with van der Waals surface area (Å²) in [4.78, 5) is 25.8. The molecule has 0 bridgehead atoms. The molecule has 0 aliphatic heterocycles. The molecule has 5 nitrogen and oxygen atoms in total. The summed E-state index contributed by atoms with van der Waals surface area (Å²) in [5, 5.41) is 3.34. The second kappa shape index (κ2) is 7.32. The van der Waals surface area contributed by atoms with Crippen molar-refractivity contribution in [2.75, 3.05) is 5.32 Å². The van der Waals surface area contributed by atoms with Crippen molar-refractivity contribution < 1.29 is 4.79 Å². The molecule has 7 heteroatoms. The molecule has 26 heavy (non-hydrogen) atoms. The van der Waals surface area contributed by atoms with Crippen LogP contribution in [0.2, 0.25) is 0 Å². The van der Waals surface area contributed by atoms with E-state index in [9.17, 15) is 9.59 Å². The van der Waals surface area contributed by atoms with Gasteiger partial charge in [0.05, 0.1) is 16.7 Å². The highest BCUT2D eigenvalue weighted by atomic mass is 79.9. The van der Waals surface area contributed by atoms with E-state index < -0.39 is 0 Å². The fourth-order valence-electron chi connectivity index (χ4n) is 2.77. The third-order valence-corrected chi connectivity index (χ3v) is 5.68. The Balaban J connectivity index is 2.07. The van der Waals surface area contributed by atoms with E-state index in [2.05, 4.69) is 35.1 Å². The Hall–Kier alpha value is -1.99. The normalized spacial score (nSPS) is 11.3. The molecule has 0 radical (unpaired) electrons. The minimum absolute atomic E-state index is 0.0862. The van der Waals surface area contributed by atoms with Gasteiger partial charge in [0.15, 0.2) is 0 Å². The van der Waals surface area contributed by atoms with Crippen molar-refractivity contribution in [2.45, 2.75) is 24.0 Å². The number of hydrogen-bond acceptors (Lipinski definition) is 3. The number of anilines is 1. The molecule has 2 aromatic carbocycles. The number of benzene rings is 2. The lowest BCUT2D eigenvalue weighted by molar-refractivity contribution is 0.102. The van der Waals surface area contributed by atoms with E-state index in [-0.39, 0.29) is 11.6 Å². The first-order valence-corrected chi connectivity index (χ1v) is 9.88. The summed E-state index contributed by atoms with van der Waals surface area (Å²) < 4.78 is 4.14. The van der Waals surface area contributed by atoms with Gasteiger partial charge in [0.2, 0.25) is 0 Å². The summed E-state index contributed by atoms with van der Waals surface area (Å²) in [6, 6.07) is 11.1. The van der Waals surface area contributed by atoms with Gasteiger partial charge in [0.1, 0.15) is 0 Å². The molecule has 3 rings (SSSR count). The Bertz CT molecular complexity index is 1040. The number of nitrogens with zero attached hydrogens (tertiary/aromatic N) is 2. The van der Waals surface area contributed by atoms with Gasteiger partial charge in [-0.15, -0.1) is 11.8 Å². The lowest BCUT2D eigenvalue weighted by Crippen LogP contribution is -2.19. The maximum Gasteiger partial charge on any atom is 0.328 e. The van der Waals surface area contributed by atoms with Crippen LogP contribution in [0.1, 0.15) is 24.2 Å². The first kappa shape index (κ1) is 18.8. The number of hydrogen-bond donors (Lipinski definition) is 1. The van der Waals surface area contributed by atoms with Crippen molar-refractivity contribution in [1.82, 2.24) is 9.13 Å². The van der Waals surface area contributed by atoms with E-state index in [1.54, 1.807) is 47.1 Å². The van der Waals surface area contributed by atoms with E-state index in [0.29, 0.717) is 16.5 Å². The number of thioether (sulfide) groups is 1. The number of fused-ring (bicyclic) bond motifs is 1. The highest BCUT2D eigenvalue weighted by Crippen LogP contribution is 2.34. The predicted octanol–water partition coefficient (Wildman–Crippen LogP) is 4.39. The summed E-state index contributed by atoms with van der Waals surface area (Å²) in [6.45, 7) is 4.19. The lowest BCUT2D eigenvalue weighted by Gasteiger charge is -2.14. The Labute approximate surface area is 164 Å². The van der Waals surface area contributed by atoms with E-state index in [1.807, 2.05) is 24.3 Å². The standard InChI is InChI=1S/C19H20BrN3O2S/c1-11(2)26-17-10-16-15(22(3)19(25)23(16)4)9-14(17)21-18(24)12-5-7-13(20)8-6-12/h5-11H,1-4H3,(H,21,24). The van der Waals surface area contributed by atoms with E-state index in [0.717, 1.165) is 20.4 Å². The lowest BCUT2D eigenvalue weighted by atomic mass is 10.2. The van der Waals surface area contributed by atoms with Gasteiger partial charge in [-0.05, 0) is 36.4 Å². The highest BCUT2D eigenvalue weighted by molar-refractivity contribution is 9.10. The number of halogens is 1. The SMILES string of the molecule is CC(C)Sc1cc2c(cc1NC(=O)c1ccc(Br)cc1)n(C)c(=O)n2C. The summed E-state index contributed by atoms with van der Waals surface area (Å²) in [5.41, 5.74) is 2.84. The summed E-state index contributed by atoms with van der Waals surface area (Å²) >= 11 is 5.03. The molecule has 1 heterocycles. The van der Waals surface area contributed by atoms with Crippen molar-refractivity contribution in [3.63, 3.8) is 0 Å². The molecular formula is C19H20BrN3O2S. The molecule has 1 amide bonds. The van der Waals surface area contributed by atoms with Gasteiger partial charge < -0.3 is 5.32 Å². The van der Waals surface area contributed by atoms with Gasteiger partial charge >= 0.3 is 5.69 Å². The van der Waals surface area contributed by atoms with E-state index in [1.165, 1.54) is 0 Å². The number of imidazole rings is 1. The zero-order chi connectivity index (χ0) is 19.0. The van der Waals surface area contributed by atoms with Gasteiger partial charge in [0, 0.05) is 34.3 Å². The minimum Gasteiger partial charge on any atom is -0.321 e. The molecule has 0 fully saturated rings. The van der Waals surface area contributed by atoms with Crippen molar-refractivity contribution >= 4 is 50.3 Å². The molecule has 3 aromatic rings. The summed E-state index contributed by atoms with van der Waals surface area (Å²) in [5.74, 6) is -0.177. The predicted molar refractivity (Wildman–Crippen MR) is 111 cm³/mol. The largest absolute Gasteiger partial charge is 0.328 e. The molecule has 136 valence electrons. The first-order chi connectivity index (χ1) is 12.3. The average Bonchev–Trinajstić information content (AvgIpc) is 2.79. The smallest absolute Gasteiger partial charge is 0.321 e. The van der Waals surface area contributed by atoms with Crippen molar-refractivity contribution in [3.8, 4) is 0 Å². The third kappa shape index (κ3) is 3.59. The van der Waals surface area contributed by atoms with Crippen LogP contribution in [0.5, 0.6) is 0 Å². The van der Waals surface area contributed by atoms with Crippen LogP contribution in [-0.2, 0) is 14.1 Å². The Morgan fingerprint density at radius 2 is 1.65 bits per heavy atom. The maximum absolute atomic E-state index is 12.6. The topological polar surface area (TPSA) is 56.0 Å². The highest BCUT2D eigenvalue weighted by Gasteiger charge is 2.16. The Morgan fingerprint density at radius 1 is 1.08 bits per heavy atom. The second-order valence-corrected chi connectivity index (χ2v) is 8.90. The zero-order valence-electron chi connectivity index (χ0n) is 15.0. The molecule has 0 saturated heterocycles. The van der Waals surface area contributed by atoms with E-state index in [4.69, 9.17) is 0 Å². The molecule has 0 aliphatic carbocycles. The number of aryl methyl sites for hydroxylation is 2. The van der Waals surface area contributed by atoms with Gasteiger partial charge in [-0.3, -0.25) is 13.9 Å². The minimum atomic E-state index is -0.177. The number of carbonyl (C=O) groups is 1. The summed E-state index contributed by atoms with van der Waals surface area (Å²) in [7, 11) is 3.49. The van der Waals surface area contributed by atoms with Crippen LogP contribution in [-0.4, -0.2) is 20.3 Å². The van der Waals surface area contributed by atoms with Crippen LogP contribution >= 0.6 is 27.7 Å². The van der Waals surface area contributed by atoms with Crippen LogP contribution in [0, 0.1) is 0 Å². The molecule has 0 atom stereocenters. The van der Waals surface area contributed by atoms with E-state index >= 15 is 0 Å². The fourth-order valence-corrected chi connectivity index (χ4v) is 3.96. The second-order valence-electron chi connectivity index (χ2n) is 6.37. The van der Waals surface area contributed by atoms with Gasteiger partial charge in [0.25, 0.3) is 5.91 Å². The number of carbonyl (C=O) groups excluding carboxylic acids is 1. The van der Waals surface area contributed by atoms with Crippen LogP contribution < -0.4 is 11.0 Å². The van der Waals surface area contributed by atoms with Crippen molar-refractivity contribution in [1.29, 1.82) is 0 Å². The molecule has 0 saturated carbocycles. The Kier molecular flexibility index (Phi) is 5.29. The molecule has 1 aromatic heterocycles. The monoisotopic (exact) mass is 433 g/mol. The average molecular weight is 434 g/mol. The number of amides is 1. The first-order valence-electron chi connectivity index (χ1n) is 8.21. The quantitative estimate of drug-likeness (QED) is 0.620. The van der Waals surface area contributed by atoms with Crippen molar-refractivity contribution in [2.24, 2.45) is 14.1 Å². The molecule has 0 aliphatic rings. The Morgan fingerprint density at radius 3 is 2.23 bits per heavy atom. The van der Waals surface area contributed by atoms with Gasteiger partial charge in [-0.2, -0.15) is 0 Å². The molecule has 1 N–H and O–H groups in total.